The highest BCUT2D eigenvalue weighted by Crippen LogP contribution is 2.28. The highest BCUT2D eigenvalue weighted by Gasteiger charge is 2.28. The molecule has 3 nitrogen and oxygen atoms in total. The third-order valence-corrected chi connectivity index (χ3v) is 2.45. The van der Waals surface area contributed by atoms with E-state index >= 15 is 0 Å². The lowest BCUT2D eigenvalue weighted by molar-refractivity contribution is 0.297. The first-order valence-electron chi connectivity index (χ1n) is 4.55. The molecule has 0 aromatic carbocycles. The van der Waals surface area contributed by atoms with E-state index in [0.29, 0.717) is 11.3 Å². The minimum Gasteiger partial charge on any atom is -0.388 e. The van der Waals surface area contributed by atoms with Crippen molar-refractivity contribution in [3.63, 3.8) is 0 Å². The normalized spacial score (nSPS) is 22.8. The second-order valence-electron chi connectivity index (χ2n) is 4.47. The van der Waals surface area contributed by atoms with Gasteiger partial charge >= 0.3 is 0 Å². The van der Waals surface area contributed by atoms with E-state index in [-0.39, 0.29) is 0 Å². The summed E-state index contributed by atoms with van der Waals surface area (Å²) in [4.78, 5) is 2.39. The second kappa shape index (κ2) is 3.44. The van der Waals surface area contributed by atoms with Crippen LogP contribution >= 0.6 is 0 Å². The summed E-state index contributed by atoms with van der Waals surface area (Å²) >= 11 is 0. The Balaban J connectivity index is 2.24. The molecule has 1 aliphatic heterocycles. The fourth-order valence-electron chi connectivity index (χ4n) is 1.69. The predicted octanol–water partition coefficient (Wildman–Crippen LogP) is 1.04. The van der Waals surface area contributed by atoms with Gasteiger partial charge in [0.1, 0.15) is 0 Å². The lowest BCUT2D eigenvalue weighted by Crippen LogP contribution is -2.27. The minimum atomic E-state index is 0.305. The van der Waals surface area contributed by atoms with Crippen LogP contribution in [0.4, 0.5) is 0 Å². The Labute approximate surface area is 74.4 Å². The Morgan fingerprint density at radius 2 is 2.25 bits per heavy atom. The van der Waals surface area contributed by atoms with Crippen LogP contribution in [0.5, 0.6) is 0 Å². The van der Waals surface area contributed by atoms with E-state index < -0.39 is 0 Å². The summed E-state index contributed by atoms with van der Waals surface area (Å²) in [6.45, 7) is 7.86. The number of nitrogens with zero attached hydrogens (tertiary/aromatic N) is 1. The molecule has 0 bridgehead atoms. The first kappa shape index (κ1) is 9.52. The molecule has 12 heavy (non-hydrogen) atoms. The highest BCUT2D eigenvalue weighted by atomic mass is 15.2. The molecule has 0 aromatic heterocycles. The van der Waals surface area contributed by atoms with Gasteiger partial charge in [0.2, 0.25) is 0 Å². The van der Waals surface area contributed by atoms with Gasteiger partial charge < -0.3 is 10.6 Å². The Hall–Kier alpha value is -0.570. The van der Waals surface area contributed by atoms with Gasteiger partial charge in [-0.25, -0.2) is 0 Å². The predicted molar refractivity (Wildman–Crippen MR) is 51.4 cm³/mol. The molecule has 0 aliphatic carbocycles. The Morgan fingerprint density at radius 1 is 1.58 bits per heavy atom. The van der Waals surface area contributed by atoms with Crippen LogP contribution in [0.25, 0.3) is 0 Å². The quantitative estimate of drug-likeness (QED) is 0.490. The van der Waals surface area contributed by atoms with E-state index in [1.54, 1.807) is 0 Å². The van der Waals surface area contributed by atoms with Crippen molar-refractivity contribution in [2.75, 3.05) is 19.6 Å². The molecule has 0 radical (unpaired) electrons. The van der Waals surface area contributed by atoms with Crippen LogP contribution < -0.4 is 5.73 Å². The average Bonchev–Trinajstić information content (AvgIpc) is 2.26. The number of amidine groups is 1. The summed E-state index contributed by atoms with van der Waals surface area (Å²) in [5, 5.41) is 7.11. The lowest BCUT2D eigenvalue weighted by atomic mass is 9.93. The summed E-state index contributed by atoms with van der Waals surface area (Å²) in [7, 11) is 0. The highest BCUT2D eigenvalue weighted by molar-refractivity contribution is 5.76. The lowest BCUT2D eigenvalue weighted by Gasteiger charge is -2.19. The van der Waals surface area contributed by atoms with Crippen molar-refractivity contribution >= 4 is 5.84 Å². The number of hydrogen-bond donors (Lipinski definition) is 2. The van der Waals surface area contributed by atoms with Crippen LogP contribution in [0.2, 0.25) is 0 Å². The van der Waals surface area contributed by atoms with Gasteiger partial charge in [-0.05, 0) is 18.4 Å². The molecule has 1 fully saturated rings. The van der Waals surface area contributed by atoms with E-state index in [2.05, 4.69) is 18.7 Å². The molecule has 1 aliphatic rings. The Morgan fingerprint density at radius 3 is 2.67 bits per heavy atom. The molecule has 0 atom stereocenters. The fourth-order valence-corrected chi connectivity index (χ4v) is 1.69. The fraction of sp³-hybridized carbons (Fsp3) is 0.889. The van der Waals surface area contributed by atoms with E-state index in [1.165, 1.54) is 13.0 Å². The molecular formula is C9H19N3. The first-order chi connectivity index (χ1) is 5.49. The zero-order chi connectivity index (χ0) is 9.19. The molecule has 0 unspecified atom stereocenters. The summed E-state index contributed by atoms with van der Waals surface area (Å²) in [6, 6.07) is 0. The first-order valence-corrected chi connectivity index (χ1v) is 4.55. The van der Waals surface area contributed by atoms with Gasteiger partial charge in [0.05, 0.1) is 5.84 Å². The van der Waals surface area contributed by atoms with Gasteiger partial charge in [0, 0.05) is 19.5 Å². The smallest absolute Gasteiger partial charge is 0.0918 e. The molecular weight excluding hydrogens is 150 g/mol. The van der Waals surface area contributed by atoms with Gasteiger partial charge in [-0.1, -0.05) is 13.8 Å². The molecule has 70 valence electrons. The molecule has 0 aromatic rings. The number of likely N-dealkylation sites (tertiary alicyclic amines) is 1. The van der Waals surface area contributed by atoms with Crippen molar-refractivity contribution in [2.24, 2.45) is 11.1 Å². The SMILES string of the molecule is CC1(C)CCN(CCC(=N)N)C1. The maximum absolute atomic E-state index is 7.11. The summed E-state index contributed by atoms with van der Waals surface area (Å²) in [5.41, 5.74) is 5.76. The molecule has 0 amide bonds. The standard InChI is InChI=1S/C9H19N3/c1-9(2)4-6-12(7-9)5-3-8(10)11/h3-7H2,1-2H3,(H3,10,11). The summed E-state index contributed by atoms with van der Waals surface area (Å²) in [6.07, 6.45) is 1.99. The average molecular weight is 169 g/mol. The monoisotopic (exact) mass is 169 g/mol. The van der Waals surface area contributed by atoms with Gasteiger partial charge in [-0.15, -0.1) is 0 Å². The van der Waals surface area contributed by atoms with Crippen molar-refractivity contribution in [2.45, 2.75) is 26.7 Å². The van der Waals surface area contributed by atoms with Crippen molar-refractivity contribution in [1.82, 2.24) is 4.90 Å². The van der Waals surface area contributed by atoms with E-state index in [4.69, 9.17) is 11.1 Å². The van der Waals surface area contributed by atoms with Crippen LogP contribution in [0, 0.1) is 10.8 Å². The summed E-state index contributed by atoms with van der Waals surface area (Å²) in [5.74, 6) is 0.305. The van der Waals surface area contributed by atoms with Crippen molar-refractivity contribution < 1.29 is 0 Å². The summed E-state index contributed by atoms with van der Waals surface area (Å²) < 4.78 is 0. The second-order valence-corrected chi connectivity index (χ2v) is 4.47. The molecule has 3 N–H and O–H groups in total. The van der Waals surface area contributed by atoms with Crippen LogP contribution in [0.3, 0.4) is 0 Å². The van der Waals surface area contributed by atoms with Crippen LogP contribution in [-0.4, -0.2) is 30.4 Å². The molecule has 1 rings (SSSR count). The van der Waals surface area contributed by atoms with Crippen molar-refractivity contribution in [3.8, 4) is 0 Å². The van der Waals surface area contributed by atoms with Crippen LogP contribution in [-0.2, 0) is 0 Å². The molecule has 0 saturated carbocycles. The largest absolute Gasteiger partial charge is 0.388 e. The van der Waals surface area contributed by atoms with Crippen molar-refractivity contribution in [3.05, 3.63) is 0 Å². The van der Waals surface area contributed by atoms with Gasteiger partial charge in [-0.2, -0.15) is 0 Å². The number of nitrogens with one attached hydrogen (secondary N) is 1. The third kappa shape index (κ3) is 2.81. The number of nitrogens with two attached hydrogens (primary N) is 1. The topological polar surface area (TPSA) is 53.1 Å². The van der Waals surface area contributed by atoms with E-state index in [1.807, 2.05) is 0 Å². The van der Waals surface area contributed by atoms with E-state index in [0.717, 1.165) is 19.5 Å². The number of hydrogen-bond acceptors (Lipinski definition) is 2. The molecule has 1 heterocycles. The molecule has 3 heteroatoms. The van der Waals surface area contributed by atoms with Crippen molar-refractivity contribution in [1.29, 1.82) is 5.41 Å². The van der Waals surface area contributed by atoms with Gasteiger partial charge in [-0.3, -0.25) is 5.41 Å². The molecule has 1 saturated heterocycles. The van der Waals surface area contributed by atoms with Crippen LogP contribution in [0.1, 0.15) is 26.7 Å². The zero-order valence-corrected chi connectivity index (χ0v) is 8.06. The number of rotatable bonds is 3. The maximum atomic E-state index is 7.11. The van der Waals surface area contributed by atoms with Gasteiger partial charge in [0.15, 0.2) is 0 Å². The van der Waals surface area contributed by atoms with E-state index in [9.17, 15) is 0 Å². The van der Waals surface area contributed by atoms with Gasteiger partial charge in [0.25, 0.3) is 0 Å². The molecule has 0 spiro atoms. The Kier molecular flexibility index (Phi) is 2.73. The zero-order valence-electron chi connectivity index (χ0n) is 8.06. The minimum absolute atomic E-state index is 0.305. The third-order valence-electron chi connectivity index (χ3n) is 2.45. The maximum Gasteiger partial charge on any atom is 0.0918 e. The Bertz CT molecular complexity index is 175. The van der Waals surface area contributed by atoms with Crippen LogP contribution in [0.15, 0.2) is 0 Å².